The molecule has 1 aliphatic rings. The van der Waals surface area contributed by atoms with Crippen LogP contribution in [0.3, 0.4) is 0 Å². The highest BCUT2D eigenvalue weighted by Gasteiger charge is 2.22. The molecule has 2 N–H and O–H groups in total. The van der Waals surface area contributed by atoms with E-state index in [9.17, 15) is 4.39 Å². The largest absolute Gasteiger partial charge is 0.381 e. The first-order valence-electron chi connectivity index (χ1n) is 5.46. The molecule has 16 heavy (non-hydrogen) atoms. The van der Waals surface area contributed by atoms with Gasteiger partial charge >= 0.3 is 0 Å². The quantitative estimate of drug-likeness (QED) is 0.867. The lowest BCUT2D eigenvalue weighted by atomic mass is 9.88. The van der Waals surface area contributed by atoms with Crippen molar-refractivity contribution in [1.82, 2.24) is 0 Å². The third kappa shape index (κ3) is 2.73. The van der Waals surface area contributed by atoms with E-state index in [0.29, 0.717) is 10.9 Å². The lowest BCUT2D eigenvalue weighted by Crippen LogP contribution is -2.27. The Balaban J connectivity index is 2.15. The van der Waals surface area contributed by atoms with E-state index < -0.39 is 0 Å². The molecule has 88 valence electrons. The van der Waals surface area contributed by atoms with E-state index in [1.54, 1.807) is 6.07 Å². The SMILES string of the molecule is N[C@H](c1cc(F)cc(Cl)c1)C1CCOCC1. The molecule has 1 aromatic rings. The molecule has 2 nitrogen and oxygen atoms in total. The fourth-order valence-corrected chi connectivity index (χ4v) is 2.34. The number of hydrogen-bond donors (Lipinski definition) is 1. The lowest BCUT2D eigenvalue weighted by Gasteiger charge is -2.28. The zero-order valence-corrected chi connectivity index (χ0v) is 9.71. The summed E-state index contributed by atoms with van der Waals surface area (Å²) in [5.41, 5.74) is 6.90. The summed E-state index contributed by atoms with van der Waals surface area (Å²) < 4.78 is 18.5. The van der Waals surface area contributed by atoms with Gasteiger partial charge < -0.3 is 10.5 Å². The van der Waals surface area contributed by atoms with Gasteiger partial charge in [0, 0.05) is 24.3 Å². The van der Waals surface area contributed by atoms with E-state index in [-0.39, 0.29) is 11.9 Å². The first kappa shape index (κ1) is 11.8. The summed E-state index contributed by atoms with van der Waals surface area (Å²) in [6.07, 6.45) is 1.85. The van der Waals surface area contributed by atoms with Gasteiger partial charge in [-0.1, -0.05) is 11.6 Å². The van der Waals surface area contributed by atoms with Gasteiger partial charge in [-0.15, -0.1) is 0 Å². The van der Waals surface area contributed by atoms with Gasteiger partial charge in [0.15, 0.2) is 0 Å². The Hall–Kier alpha value is -0.640. The van der Waals surface area contributed by atoms with Crippen LogP contribution >= 0.6 is 11.6 Å². The van der Waals surface area contributed by atoms with Crippen LogP contribution in [0.4, 0.5) is 4.39 Å². The minimum absolute atomic E-state index is 0.155. The second-order valence-electron chi connectivity index (χ2n) is 4.18. The number of hydrogen-bond acceptors (Lipinski definition) is 2. The van der Waals surface area contributed by atoms with Crippen LogP contribution in [-0.4, -0.2) is 13.2 Å². The van der Waals surface area contributed by atoms with Crippen LogP contribution < -0.4 is 5.73 Å². The molecule has 0 radical (unpaired) electrons. The number of benzene rings is 1. The second-order valence-corrected chi connectivity index (χ2v) is 4.61. The third-order valence-electron chi connectivity index (χ3n) is 3.04. The van der Waals surface area contributed by atoms with Crippen molar-refractivity contribution in [2.75, 3.05) is 13.2 Å². The van der Waals surface area contributed by atoms with E-state index in [1.165, 1.54) is 12.1 Å². The Morgan fingerprint density at radius 1 is 1.31 bits per heavy atom. The molecule has 1 aliphatic heterocycles. The van der Waals surface area contributed by atoms with Gasteiger partial charge in [-0.3, -0.25) is 0 Å². The molecule has 1 atom stereocenters. The summed E-state index contributed by atoms with van der Waals surface area (Å²) in [4.78, 5) is 0. The molecule has 1 aromatic carbocycles. The average Bonchev–Trinajstić information content (AvgIpc) is 2.28. The van der Waals surface area contributed by atoms with E-state index in [4.69, 9.17) is 22.1 Å². The molecule has 1 heterocycles. The van der Waals surface area contributed by atoms with Gasteiger partial charge in [0.25, 0.3) is 0 Å². The summed E-state index contributed by atoms with van der Waals surface area (Å²) in [5.74, 6) is 0.0247. The number of ether oxygens (including phenoxy) is 1. The van der Waals surface area contributed by atoms with Crippen molar-refractivity contribution in [3.63, 3.8) is 0 Å². The van der Waals surface area contributed by atoms with E-state index in [0.717, 1.165) is 31.6 Å². The van der Waals surface area contributed by atoms with Gasteiger partial charge in [0.1, 0.15) is 5.82 Å². The van der Waals surface area contributed by atoms with Crippen molar-refractivity contribution in [3.05, 3.63) is 34.6 Å². The smallest absolute Gasteiger partial charge is 0.125 e. The minimum atomic E-state index is -0.329. The summed E-state index contributed by atoms with van der Waals surface area (Å²) in [6, 6.07) is 4.34. The second kappa shape index (κ2) is 5.13. The first-order valence-corrected chi connectivity index (χ1v) is 5.84. The Morgan fingerprint density at radius 2 is 2.00 bits per heavy atom. The third-order valence-corrected chi connectivity index (χ3v) is 3.26. The Labute approximate surface area is 99.5 Å². The molecule has 0 aliphatic carbocycles. The Kier molecular flexibility index (Phi) is 3.79. The summed E-state index contributed by atoms with van der Waals surface area (Å²) in [5, 5.41) is 0.400. The van der Waals surface area contributed by atoms with Crippen molar-refractivity contribution in [2.24, 2.45) is 11.7 Å². The summed E-state index contributed by atoms with van der Waals surface area (Å²) >= 11 is 5.81. The molecule has 2 rings (SSSR count). The van der Waals surface area contributed by atoms with Gasteiger partial charge in [0.2, 0.25) is 0 Å². The molecule has 4 heteroatoms. The van der Waals surface area contributed by atoms with Crippen molar-refractivity contribution in [3.8, 4) is 0 Å². The monoisotopic (exact) mass is 243 g/mol. The summed E-state index contributed by atoms with van der Waals surface area (Å²) in [6.45, 7) is 1.48. The number of nitrogens with two attached hydrogens (primary N) is 1. The maximum atomic E-state index is 13.2. The van der Waals surface area contributed by atoms with Crippen LogP contribution in [0, 0.1) is 11.7 Å². The van der Waals surface area contributed by atoms with E-state index in [2.05, 4.69) is 0 Å². The highest BCUT2D eigenvalue weighted by atomic mass is 35.5. The molecule has 1 fully saturated rings. The normalized spacial score (nSPS) is 19.7. The molecule has 1 saturated heterocycles. The zero-order valence-electron chi connectivity index (χ0n) is 8.96. The molecule has 0 aromatic heterocycles. The zero-order chi connectivity index (χ0) is 11.5. The van der Waals surface area contributed by atoms with Crippen molar-refractivity contribution >= 4 is 11.6 Å². The van der Waals surface area contributed by atoms with Crippen molar-refractivity contribution < 1.29 is 9.13 Å². The fraction of sp³-hybridized carbons (Fsp3) is 0.500. The van der Waals surface area contributed by atoms with Gasteiger partial charge in [-0.25, -0.2) is 4.39 Å². The average molecular weight is 244 g/mol. The van der Waals surface area contributed by atoms with Crippen LogP contribution in [0.25, 0.3) is 0 Å². The van der Waals surface area contributed by atoms with E-state index in [1.807, 2.05) is 0 Å². The van der Waals surface area contributed by atoms with Crippen LogP contribution in [0.2, 0.25) is 5.02 Å². The molecule has 0 spiro atoms. The highest BCUT2D eigenvalue weighted by molar-refractivity contribution is 6.30. The highest BCUT2D eigenvalue weighted by Crippen LogP contribution is 2.29. The first-order chi connectivity index (χ1) is 7.66. The van der Waals surface area contributed by atoms with Crippen molar-refractivity contribution in [1.29, 1.82) is 0 Å². The Bertz CT molecular complexity index is 346. The predicted molar refractivity (Wildman–Crippen MR) is 61.9 cm³/mol. The standard InChI is InChI=1S/C12H15ClFNO/c13-10-5-9(6-11(14)7-10)12(15)8-1-3-16-4-2-8/h5-8,12H,1-4,15H2/t12-/m0/s1. The maximum Gasteiger partial charge on any atom is 0.125 e. The lowest BCUT2D eigenvalue weighted by molar-refractivity contribution is 0.0583. The van der Waals surface area contributed by atoms with Crippen LogP contribution in [-0.2, 0) is 4.74 Å². The Morgan fingerprint density at radius 3 is 2.62 bits per heavy atom. The molecular formula is C12H15ClFNO. The number of halogens is 2. The fourth-order valence-electron chi connectivity index (χ4n) is 2.11. The maximum absolute atomic E-state index is 13.2. The minimum Gasteiger partial charge on any atom is -0.381 e. The topological polar surface area (TPSA) is 35.2 Å². The number of rotatable bonds is 2. The van der Waals surface area contributed by atoms with Crippen LogP contribution in [0.15, 0.2) is 18.2 Å². The molecular weight excluding hydrogens is 229 g/mol. The molecule has 0 amide bonds. The van der Waals surface area contributed by atoms with E-state index >= 15 is 0 Å². The van der Waals surface area contributed by atoms with Crippen molar-refractivity contribution in [2.45, 2.75) is 18.9 Å². The summed E-state index contributed by atoms with van der Waals surface area (Å²) in [7, 11) is 0. The van der Waals surface area contributed by atoms with Gasteiger partial charge in [0.05, 0.1) is 0 Å². The predicted octanol–water partition coefficient (Wildman–Crippen LogP) is 2.91. The molecule has 0 unspecified atom stereocenters. The van der Waals surface area contributed by atoms with Gasteiger partial charge in [-0.05, 0) is 42.5 Å². The molecule has 0 bridgehead atoms. The van der Waals surface area contributed by atoms with Gasteiger partial charge in [-0.2, -0.15) is 0 Å². The van der Waals surface area contributed by atoms with Crippen LogP contribution in [0.1, 0.15) is 24.4 Å². The van der Waals surface area contributed by atoms with Crippen LogP contribution in [0.5, 0.6) is 0 Å². The molecule has 0 saturated carbocycles.